The van der Waals surface area contributed by atoms with Crippen molar-refractivity contribution in [2.45, 2.75) is 11.3 Å². The summed E-state index contributed by atoms with van der Waals surface area (Å²) in [4.78, 5) is 4.51. The summed E-state index contributed by atoms with van der Waals surface area (Å²) in [7, 11) is 1.68. The molecule has 3 N–H and O–H groups in total. The molecule has 25 heavy (non-hydrogen) atoms. The molecule has 0 unspecified atom stereocenters. The Balaban J connectivity index is 1.54. The van der Waals surface area contributed by atoms with Gasteiger partial charge in [-0.2, -0.15) is 0 Å². The third-order valence-corrected chi connectivity index (χ3v) is 4.95. The molecule has 0 spiro atoms. The smallest absolute Gasteiger partial charge is 0.170 e. The average molecular weight is 372 g/mol. The highest BCUT2D eigenvalue weighted by molar-refractivity contribution is 7.98. The Morgan fingerprint density at radius 2 is 2.12 bits per heavy atom. The van der Waals surface area contributed by atoms with Crippen LogP contribution in [-0.2, 0) is 6.42 Å². The van der Waals surface area contributed by atoms with Gasteiger partial charge >= 0.3 is 0 Å². The minimum absolute atomic E-state index is 0.639. The van der Waals surface area contributed by atoms with Crippen molar-refractivity contribution in [3.63, 3.8) is 0 Å². The second-order valence-corrected chi connectivity index (χ2v) is 6.88. The Morgan fingerprint density at radius 1 is 1.24 bits per heavy atom. The number of fused-ring (bicyclic) bond motifs is 1. The zero-order valence-electron chi connectivity index (χ0n) is 14.3. The lowest BCUT2D eigenvalue weighted by Crippen LogP contribution is -2.30. The van der Waals surface area contributed by atoms with Crippen molar-refractivity contribution >= 4 is 45.7 Å². The SMILES string of the molecule is COc1ccc2c(CCNC(=S)Nc3cccc(SC)c3)c[nH]c2c1. The Labute approximate surface area is 157 Å². The summed E-state index contributed by atoms with van der Waals surface area (Å²) in [5, 5.41) is 8.36. The number of H-pyrrole nitrogens is 1. The molecule has 0 saturated carbocycles. The van der Waals surface area contributed by atoms with Crippen molar-refractivity contribution in [2.75, 3.05) is 25.2 Å². The van der Waals surface area contributed by atoms with Crippen molar-refractivity contribution in [1.82, 2.24) is 10.3 Å². The number of hydrogen-bond donors (Lipinski definition) is 3. The molecule has 0 fully saturated rings. The highest BCUT2D eigenvalue weighted by Gasteiger charge is 2.05. The van der Waals surface area contributed by atoms with Crippen LogP contribution in [0.3, 0.4) is 0 Å². The maximum Gasteiger partial charge on any atom is 0.170 e. The Kier molecular flexibility index (Phi) is 5.83. The molecule has 0 aliphatic rings. The van der Waals surface area contributed by atoms with E-state index in [4.69, 9.17) is 17.0 Å². The lowest BCUT2D eigenvalue weighted by atomic mass is 10.1. The summed E-state index contributed by atoms with van der Waals surface area (Å²) < 4.78 is 5.26. The zero-order valence-corrected chi connectivity index (χ0v) is 15.9. The highest BCUT2D eigenvalue weighted by atomic mass is 32.2. The standard InChI is InChI=1S/C19H21N3OS2/c1-23-15-6-7-17-13(12-21-18(17)11-15)8-9-20-19(24)22-14-4-3-5-16(10-14)25-2/h3-7,10-12,21H,8-9H2,1-2H3,(H2,20,22,24). The van der Waals surface area contributed by atoms with Crippen LogP contribution in [0, 0.1) is 0 Å². The molecule has 1 aromatic heterocycles. The van der Waals surface area contributed by atoms with E-state index in [1.54, 1.807) is 18.9 Å². The number of aromatic amines is 1. The minimum atomic E-state index is 0.639. The number of hydrogen-bond acceptors (Lipinski definition) is 3. The number of aromatic nitrogens is 1. The van der Waals surface area contributed by atoms with Crippen molar-refractivity contribution in [2.24, 2.45) is 0 Å². The molecule has 0 aliphatic carbocycles. The van der Waals surface area contributed by atoms with Gasteiger partial charge < -0.3 is 20.4 Å². The number of rotatable bonds is 6. The molecule has 0 saturated heterocycles. The lowest BCUT2D eigenvalue weighted by molar-refractivity contribution is 0.415. The van der Waals surface area contributed by atoms with Crippen LogP contribution in [0.1, 0.15) is 5.56 Å². The molecule has 130 valence electrons. The van der Waals surface area contributed by atoms with Crippen LogP contribution in [0.2, 0.25) is 0 Å². The summed E-state index contributed by atoms with van der Waals surface area (Å²) in [6, 6.07) is 14.3. The van der Waals surface area contributed by atoms with Crippen molar-refractivity contribution in [3.8, 4) is 5.75 Å². The second kappa shape index (κ2) is 8.27. The van der Waals surface area contributed by atoms with Crippen LogP contribution in [0.5, 0.6) is 5.75 Å². The van der Waals surface area contributed by atoms with Gasteiger partial charge in [0, 0.05) is 40.3 Å². The third kappa shape index (κ3) is 4.46. The van der Waals surface area contributed by atoms with Gasteiger partial charge in [0.15, 0.2) is 5.11 Å². The zero-order chi connectivity index (χ0) is 17.6. The summed E-state index contributed by atoms with van der Waals surface area (Å²) in [6.45, 7) is 0.771. The summed E-state index contributed by atoms with van der Waals surface area (Å²) in [5.74, 6) is 0.858. The predicted octanol–water partition coefficient (Wildman–Crippen LogP) is 4.43. The summed E-state index contributed by atoms with van der Waals surface area (Å²) in [6.07, 6.45) is 5.00. The van der Waals surface area contributed by atoms with Crippen LogP contribution in [0.25, 0.3) is 10.9 Å². The van der Waals surface area contributed by atoms with E-state index < -0.39 is 0 Å². The average Bonchev–Trinajstić information content (AvgIpc) is 3.04. The highest BCUT2D eigenvalue weighted by Crippen LogP contribution is 2.23. The second-order valence-electron chi connectivity index (χ2n) is 5.59. The number of thioether (sulfide) groups is 1. The van der Waals surface area contributed by atoms with E-state index in [1.165, 1.54) is 15.8 Å². The number of thiocarbonyl (C=S) groups is 1. The molecule has 3 rings (SSSR count). The van der Waals surface area contributed by atoms with E-state index in [2.05, 4.69) is 40.1 Å². The molecular formula is C19H21N3OS2. The first-order valence-electron chi connectivity index (χ1n) is 8.02. The van der Waals surface area contributed by atoms with Crippen molar-refractivity contribution < 1.29 is 4.74 Å². The van der Waals surface area contributed by atoms with E-state index in [0.29, 0.717) is 5.11 Å². The third-order valence-electron chi connectivity index (χ3n) is 3.98. The molecule has 0 radical (unpaired) electrons. The van der Waals surface area contributed by atoms with Gasteiger partial charge in [-0.15, -0.1) is 11.8 Å². The predicted molar refractivity (Wildman–Crippen MR) is 111 cm³/mol. The molecular weight excluding hydrogens is 350 g/mol. The van der Waals surface area contributed by atoms with Crippen LogP contribution < -0.4 is 15.4 Å². The van der Waals surface area contributed by atoms with Gasteiger partial charge in [-0.3, -0.25) is 0 Å². The number of nitrogens with one attached hydrogen (secondary N) is 3. The molecule has 0 amide bonds. The largest absolute Gasteiger partial charge is 0.497 e. The van der Waals surface area contributed by atoms with Gasteiger partial charge in [-0.05, 0) is 60.8 Å². The quantitative estimate of drug-likeness (QED) is 0.442. The molecule has 6 heteroatoms. The summed E-state index contributed by atoms with van der Waals surface area (Å²) >= 11 is 7.10. The lowest BCUT2D eigenvalue weighted by Gasteiger charge is -2.11. The van der Waals surface area contributed by atoms with Crippen LogP contribution in [0.15, 0.2) is 53.6 Å². The minimum Gasteiger partial charge on any atom is -0.497 e. The number of benzene rings is 2. The molecule has 3 aromatic rings. The first-order valence-corrected chi connectivity index (χ1v) is 9.66. The fourth-order valence-electron chi connectivity index (χ4n) is 2.69. The normalized spacial score (nSPS) is 10.6. The molecule has 0 atom stereocenters. The van der Waals surface area contributed by atoms with Gasteiger partial charge in [0.2, 0.25) is 0 Å². The summed E-state index contributed by atoms with van der Waals surface area (Å²) in [5.41, 5.74) is 3.35. The van der Waals surface area contributed by atoms with Crippen LogP contribution in [-0.4, -0.2) is 30.0 Å². The number of ether oxygens (including phenoxy) is 1. The van der Waals surface area contributed by atoms with Crippen molar-refractivity contribution in [3.05, 3.63) is 54.2 Å². The fourth-order valence-corrected chi connectivity index (χ4v) is 3.37. The van der Waals surface area contributed by atoms with Crippen molar-refractivity contribution in [1.29, 1.82) is 0 Å². The van der Waals surface area contributed by atoms with Gasteiger partial charge in [0.05, 0.1) is 7.11 Å². The maximum absolute atomic E-state index is 5.39. The van der Waals surface area contributed by atoms with Gasteiger partial charge in [-0.25, -0.2) is 0 Å². The first-order chi connectivity index (χ1) is 12.2. The van der Waals surface area contributed by atoms with E-state index in [0.717, 1.165) is 29.9 Å². The first kappa shape index (κ1) is 17.6. The van der Waals surface area contributed by atoms with E-state index in [1.807, 2.05) is 30.5 Å². The Bertz CT molecular complexity index is 876. The molecule has 0 aliphatic heterocycles. The molecule has 2 aromatic carbocycles. The monoisotopic (exact) mass is 371 g/mol. The Morgan fingerprint density at radius 3 is 2.92 bits per heavy atom. The molecule has 4 nitrogen and oxygen atoms in total. The topological polar surface area (TPSA) is 49.1 Å². The van der Waals surface area contributed by atoms with Crippen LogP contribution >= 0.6 is 24.0 Å². The van der Waals surface area contributed by atoms with E-state index >= 15 is 0 Å². The molecule has 0 bridgehead atoms. The Hall–Kier alpha value is -2.18. The van der Waals surface area contributed by atoms with Crippen LogP contribution in [0.4, 0.5) is 5.69 Å². The molecule has 1 heterocycles. The maximum atomic E-state index is 5.39. The van der Waals surface area contributed by atoms with Gasteiger partial charge in [0.1, 0.15) is 5.75 Å². The number of anilines is 1. The van der Waals surface area contributed by atoms with Gasteiger partial charge in [-0.1, -0.05) is 6.07 Å². The van der Waals surface area contributed by atoms with E-state index in [-0.39, 0.29) is 0 Å². The van der Waals surface area contributed by atoms with Gasteiger partial charge in [0.25, 0.3) is 0 Å². The van der Waals surface area contributed by atoms with E-state index in [9.17, 15) is 0 Å². The fraction of sp³-hybridized carbons (Fsp3) is 0.211. The number of methoxy groups -OCH3 is 1.